The Bertz CT molecular complexity index is 962. The Morgan fingerprint density at radius 1 is 1.18 bits per heavy atom. The Hall–Kier alpha value is -2.59. The molecular formula is C19H23N5O4. The van der Waals surface area contributed by atoms with Crippen LogP contribution < -0.4 is 5.32 Å². The van der Waals surface area contributed by atoms with Gasteiger partial charge in [-0.15, -0.1) is 0 Å². The minimum Gasteiger partial charge on any atom is -0.394 e. The maximum absolute atomic E-state index is 10.3. The third-order valence-electron chi connectivity index (χ3n) is 5.02. The summed E-state index contributed by atoms with van der Waals surface area (Å²) < 4.78 is 7.12. The maximum Gasteiger partial charge on any atom is 0.197 e. The van der Waals surface area contributed by atoms with Gasteiger partial charge in [0.25, 0.3) is 0 Å². The van der Waals surface area contributed by atoms with Crippen molar-refractivity contribution >= 4 is 11.5 Å². The second-order valence-corrected chi connectivity index (χ2v) is 6.81. The molecule has 1 aliphatic heterocycles. The Kier molecular flexibility index (Phi) is 5.23. The van der Waals surface area contributed by atoms with Gasteiger partial charge >= 0.3 is 0 Å². The number of hydrogen-bond donors (Lipinski definition) is 4. The first-order valence-electron chi connectivity index (χ1n) is 9.25. The van der Waals surface area contributed by atoms with Crippen molar-refractivity contribution in [1.29, 1.82) is 0 Å². The van der Waals surface area contributed by atoms with Crippen LogP contribution in [0.3, 0.4) is 0 Å². The topological polar surface area (TPSA) is 125 Å². The van der Waals surface area contributed by atoms with Crippen LogP contribution in [0.2, 0.25) is 0 Å². The van der Waals surface area contributed by atoms with Crippen LogP contribution in [0.4, 0.5) is 5.82 Å². The monoisotopic (exact) mass is 385 g/mol. The predicted octanol–water partition coefficient (Wildman–Crippen LogP) is 0.453. The number of hydrogen-bond acceptors (Lipinski definition) is 8. The first-order chi connectivity index (χ1) is 13.6. The average Bonchev–Trinajstić information content (AvgIpc) is 3.28. The van der Waals surface area contributed by atoms with Gasteiger partial charge in [-0.2, -0.15) is 5.10 Å². The number of nitrogens with zero attached hydrogens (tertiary/aromatic N) is 4. The van der Waals surface area contributed by atoms with E-state index in [1.165, 1.54) is 22.6 Å². The maximum atomic E-state index is 10.3. The van der Waals surface area contributed by atoms with Gasteiger partial charge in [0.2, 0.25) is 0 Å². The summed E-state index contributed by atoms with van der Waals surface area (Å²) in [6, 6.07) is 8.30. The highest BCUT2D eigenvalue weighted by atomic mass is 16.6. The highest BCUT2D eigenvalue weighted by Gasteiger charge is 2.44. The molecule has 1 aliphatic rings. The Labute approximate surface area is 161 Å². The number of rotatable bonds is 6. The number of anilines is 1. The largest absolute Gasteiger partial charge is 0.394 e. The lowest BCUT2D eigenvalue weighted by Gasteiger charge is -2.14. The molecule has 1 fully saturated rings. The zero-order valence-electron chi connectivity index (χ0n) is 15.4. The number of imidazole rings is 1. The SMILES string of the molecule is CCc1cccc(CNc2ncnn3c(C4OC(CO)C(O)C4O)cnc23)c1. The zero-order valence-corrected chi connectivity index (χ0v) is 15.4. The predicted molar refractivity (Wildman–Crippen MR) is 101 cm³/mol. The van der Waals surface area contributed by atoms with Crippen LogP contribution in [0.15, 0.2) is 36.8 Å². The number of aliphatic hydroxyl groups excluding tert-OH is 3. The molecule has 4 rings (SSSR count). The zero-order chi connectivity index (χ0) is 19.7. The number of fused-ring (bicyclic) bond motifs is 1. The molecule has 0 aliphatic carbocycles. The Morgan fingerprint density at radius 2 is 2.00 bits per heavy atom. The summed E-state index contributed by atoms with van der Waals surface area (Å²) in [4.78, 5) is 8.63. The molecule has 4 N–H and O–H groups in total. The van der Waals surface area contributed by atoms with Crippen molar-refractivity contribution in [3.63, 3.8) is 0 Å². The van der Waals surface area contributed by atoms with Crippen molar-refractivity contribution in [1.82, 2.24) is 19.6 Å². The van der Waals surface area contributed by atoms with Gasteiger partial charge in [-0.25, -0.2) is 14.5 Å². The molecule has 0 saturated carbocycles. The van der Waals surface area contributed by atoms with E-state index in [-0.39, 0.29) is 6.61 Å². The Morgan fingerprint density at radius 3 is 2.75 bits per heavy atom. The fourth-order valence-electron chi connectivity index (χ4n) is 3.44. The van der Waals surface area contributed by atoms with E-state index >= 15 is 0 Å². The number of aryl methyl sites for hydroxylation is 1. The molecule has 1 saturated heterocycles. The number of aromatic nitrogens is 4. The molecule has 1 aromatic carbocycles. The van der Waals surface area contributed by atoms with Crippen LogP contribution in [-0.4, -0.2) is 59.8 Å². The highest BCUT2D eigenvalue weighted by molar-refractivity contribution is 5.62. The van der Waals surface area contributed by atoms with E-state index in [9.17, 15) is 15.3 Å². The van der Waals surface area contributed by atoms with Gasteiger partial charge in [0.1, 0.15) is 30.7 Å². The summed E-state index contributed by atoms with van der Waals surface area (Å²) >= 11 is 0. The highest BCUT2D eigenvalue weighted by Crippen LogP contribution is 2.33. The normalized spacial score (nSPS) is 24.7. The third-order valence-corrected chi connectivity index (χ3v) is 5.02. The molecular weight excluding hydrogens is 362 g/mol. The van der Waals surface area contributed by atoms with Crippen molar-refractivity contribution in [3.8, 4) is 0 Å². The molecule has 148 valence electrons. The fraction of sp³-hybridized carbons (Fsp3) is 0.421. The van der Waals surface area contributed by atoms with Crippen molar-refractivity contribution in [2.45, 2.75) is 44.3 Å². The van der Waals surface area contributed by atoms with Crippen LogP contribution in [0.1, 0.15) is 29.8 Å². The Balaban J connectivity index is 1.58. The second-order valence-electron chi connectivity index (χ2n) is 6.81. The lowest BCUT2D eigenvalue weighted by atomic mass is 10.1. The molecule has 2 aromatic heterocycles. The lowest BCUT2D eigenvalue weighted by molar-refractivity contribution is -0.0244. The molecule has 0 radical (unpaired) electrons. The van der Waals surface area contributed by atoms with E-state index in [1.54, 1.807) is 0 Å². The summed E-state index contributed by atoms with van der Waals surface area (Å²) in [5.74, 6) is 0.551. The second kappa shape index (κ2) is 7.80. The number of aliphatic hydroxyl groups is 3. The number of benzene rings is 1. The van der Waals surface area contributed by atoms with Crippen LogP contribution >= 0.6 is 0 Å². The first-order valence-corrected chi connectivity index (χ1v) is 9.25. The van der Waals surface area contributed by atoms with Gasteiger partial charge in [-0.3, -0.25) is 0 Å². The molecule has 0 amide bonds. The van der Waals surface area contributed by atoms with E-state index < -0.39 is 24.4 Å². The molecule has 4 unspecified atom stereocenters. The molecule has 9 nitrogen and oxygen atoms in total. The van der Waals surface area contributed by atoms with Gasteiger partial charge in [0.15, 0.2) is 11.5 Å². The van der Waals surface area contributed by atoms with Crippen LogP contribution in [-0.2, 0) is 17.7 Å². The van der Waals surface area contributed by atoms with Crippen molar-refractivity contribution < 1.29 is 20.1 Å². The van der Waals surface area contributed by atoms with Gasteiger partial charge in [0.05, 0.1) is 18.5 Å². The van der Waals surface area contributed by atoms with Crippen molar-refractivity contribution in [3.05, 3.63) is 53.6 Å². The average molecular weight is 385 g/mol. The minimum atomic E-state index is -1.18. The number of ether oxygens (including phenoxy) is 1. The standard InChI is InChI=1S/C19H23N5O4/c1-2-11-4-3-5-12(6-11)7-20-18-19-21-8-13(24(19)23-10-22-18)17-16(27)15(26)14(9-25)28-17/h3-6,8,10,14-17,25-27H,2,7,9H2,1H3,(H,20,22,23). The lowest BCUT2D eigenvalue weighted by Crippen LogP contribution is -2.32. The van der Waals surface area contributed by atoms with E-state index in [2.05, 4.69) is 39.4 Å². The summed E-state index contributed by atoms with van der Waals surface area (Å²) in [6.45, 7) is 2.31. The van der Waals surface area contributed by atoms with Gasteiger partial charge < -0.3 is 25.4 Å². The fourth-order valence-corrected chi connectivity index (χ4v) is 3.44. The molecule has 0 spiro atoms. The summed E-state index contributed by atoms with van der Waals surface area (Å²) in [6.07, 6.45) is -0.148. The van der Waals surface area contributed by atoms with E-state index in [4.69, 9.17) is 4.74 Å². The van der Waals surface area contributed by atoms with E-state index in [0.29, 0.717) is 23.7 Å². The van der Waals surface area contributed by atoms with Crippen molar-refractivity contribution in [2.75, 3.05) is 11.9 Å². The summed E-state index contributed by atoms with van der Waals surface area (Å²) in [5.41, 5.74) is 3.36. The minimum absolute atomic E-state index is 0.385. The van der Waals surface area contributed by atoms with E-state index in [1.807, 2.05) is 12.1 Å². The van der Waals surface area contributed by atoms with Crippen molar-refractivity contribution in [2.24, 2.45) is 0 Å². The van der Waals surface area contributed by atoms with Crippen LogP contribution in [0.25, 0.3) is 5.65 Å². The summed E-state index contributed by atoms with van der Waals surface area (Å²) in [5, 5.41) is 37.0. The molecule has 4 atom stereocenters. The number of nitrogens with one attached hydrogen (secondary N) is 1. The summed E-state index contributed by atoms with van der Waals surface area (Å²) in [7, 11) is 0. The van der Waals surface area contributed by atoms with Crippen LogP contribution in [0.5, 0.6) is 0 Å². The molecule has 3 heterocycles. The van der Waals surface area contributed by atoms with Gasteiger partial charge in [0, 0.05) is 6.54 Å². The van der Waals surface area contributed by atoms with Gasteiger partial charge in [-0.05, 0) is 17.5 Å². The quantitative estimate of drug-likeness (QED) is 0.482. The van der Waals surface area contributed by atoms with E-state index in [0.717, 1.165) is 12.0 Å². The molecule has 28 heavy (non-hydrogen) atoms. The molecule has 9 heteroatoms. The molecule has 3 aromatic rings. The smallest absolute Gasteiger partial charge is 0.197 e. The first kappa shape index (κ1) is 18.8. The van der Waals surface area contributed by atoms with Gasteiger partial charge in [-0.1, -0.05) is 31.2 Å². The molecule has 0 bridgehead atoms. The third kappa shape index (κ3) is 3.33. The van der Waals surface area contributed by atoms with Crippen LogP contribution in [0, 0.1) is 0 Å².